The Morgan fingerprint density at radius 2 is 0.600 bits per heavy atom. The molecule has 0 saturated carbocycles. The summed E-state index contributed by atoms with van der Waals surface area (Å²) in [7, 11) is 0. The molecule has 4 atom stereocenters. The van der Waals surface area contributed by atoms with Gasteiger partial charge in [0.15, 0.2) is 0 Å². The first-order valence-corrected chi connectivity index (χ1v) is 21.6. The lowest BCUT2D eigenvalue weighted by Gasteiger charge is -2.19. The predicted octanol–water partition coefficient (Wildman–Crippen LogP) is 9.90. The van der Waals surface area contributed by atoms with Gasteiger partial charge in [-0.25, -0.2) is 0 Å². The van der Waals surface area contributed by atoms with E-state index in [-0.39, 0.29) is 36.1 Å². The van der Waals surface area contributed by atoms with Crippen molar-refractivity contribution in [3.05, 3.63) is 0 Å². The predicted molar refractivity (Wildman–Crippen MR) is 213 cm³/mol. The second-order valence-corrected chi connectivity index (χ2v) is 15.2. The largest absolute Gasteiger partial charge is 0.466 e. The minimum absolute atomic E-state index is 0.0896. The Kier molecular flexibility index (Phi) is 36.6. The van der Waals surface area contributed by atoms with Crippen LogP contribution in [0.4, 0.5) is 0 Å². The molecule has 0 rings (SSSR count). The zero-order chi connectivity index (χ0) is 36.9. The number of carbonyl (C=O) groups is 2. The van der Waals surface area contributed by atoms with Gasteiger partial charge in [0.2, 0.25) is 0 Å². The Labute approximate surface area is 310 Å². The van der Waals surface area contributed by atoms with Crippen molar-refractivity contribution in [2.24, 2.45) is 22.9 Å². The molecule has 0 heterocycles. The van der Waals surface area contributed by atoms with Crippen molar-refractivity contribution < 1.29 is 19.1 Å². The third-order valence-electron chi connectivity index (χ3n) is 10.3. The summed E-state index contributed by atoms with van der Waals surface area (Å²) in [5, 5.41) is 0. The van der Waals surface area contributed by atoms with Gasteiger partial charge in [0.25, 0.3) is 0 Å². The summed E-state index contributed by atoms with van der Waals surface area (Å²) in [4.78, 5) is 24.0. The van der Waals surface area contributed by atoms with E-state index in [1.165, 1.54) is 77.0 Å². The van der Waals surface area contributed by atoms with E-state index < -0.39 is 0 Å². The fourth-order valence-electron chi connectivity index (χ4n) is 6.61. The lowest BCUT2D eigenvalue weighted by Crippen LogP contribution is -2.41. The van der Waals surface area contributed by atoms with Gasteiger partial charge in [0, 0.05) is 37.0 Å². The number of unbranched alkanes of at least 4 members (excludes halogenated alkanes) is 21. The number of carbonyl (C=O) groups excluding carboxylic acids is 2. The van der Waals surface area contributed by atoms with Gasteiger partial charge in [0.1, 0.15) is 0 Å². The normalized spacial score (nSPS) is 14.0. The zero-order valence-electron chi connectivity index (χ0n) is 33.3. The van der Waals surface area contributed by atoms with Crippen LogP contribution in [-0.2, 0) is 19.1 Å². The second-order valence-electron chi connectivity index (χ2n) is 15.2. The van der Waals surface area contributed by atoms with E-state index in [1.54, 1.807) is 0 Å². The molecule has 0 aliphatic rings. The molecule has 0 spiro atoms. The van der Waals surface area contributed by atoms with Crippen molar-refractivity contribution in [1.29, 1.82) is 0 Å². The summed E-state index contributed by atoms with van der Waals surface area (Å²) >= 11 is 0. The Balaban J connectivity index is 3.47. The molecular weight excluding hydrogens is 624 g/mol. The van der Waals surface area contributed by atoms with Crippen LogP contribution in [0.1, 0.15) is 219 Å². The average Bonchev–Trinajstić information content (AvgIpc) is 3.10. The van der Waals surface area contributed by atoms with Gasteiger partial charge in [-0.3, -0.25) is 9.59 Å². The fourth-order valence-corrected chi connectivity index (χ4v) is 6.61. The highest BCUT2D eigenvalue weighted by atomic mass is 16.5. The molecule has 0 amide bonds. The van der Waals surface area contributed by atoms with Crippen LogP contribution >= 0.6 is 0 Å². The first-order chi connectivity index (χ1) is 24.3. The maximum atomic E-state index is 12.0. The molecule has 50 heavy (non-hydrogen) atoms. The van der Waals surface area contributed by atoms with Crippen LogP contribution in [0.25, 0.3) is 0 Å². The van der Waals surface area contributed by atoms with Gasteiger partial charge < -0.3 is 32.4 Å². The molecule has 0 fully saturated rings. The second kappa shape index (κ2) is 37.5. The molecule has 0 radical (unpaired) electrons. The fraction of sp³-hybridized carbons (Fsp3) is 0.952. The van der Waals surface area contributed by atoms with E-state index in [0.717, 1.165) is 116 Å². The number of hydrogen-bond donors (Lipinski definition) is 4. The number of esters is 2. The van der Waals surface area contributed by atoms with Gasteiger partial charge in [-0.15, -0.1) is 0 Å². The monoisotopic (exact) mass is 711 g/mol. The van der Waals surface area contributed by atoms with E-state index in [0.29, 0.717) is 26.1 Å². The van der Waals surface area contributed by atoms with E-state index in [1.807, 2.05) is 0 Å². The number of nitrogens with two attached hydrogens (primary N) is 4. The summed E-state index contributed by atoms with van der Waals surface area (Å²) in [6, 6.07) is 0.449. The topological polar surface area (TPSA) is 157 Å². The van der Waals surface area contributed by atoms with Crippen LogP contribution < -0.4 is 22.9 Å². The minimum atomic E-state index is -0.0896. The van der Waals surface area contributed by atoms with Crippen LogP contribution in [0.15, 0.2) is 0 Å². The average molecular weight is 711 g/mol. The first-order valence-electron chi connectivity index (χ1n) is 21.6. The molecule has 8 nitrogen and oxygen atoms in total. The molecule has 0 saturated heterocycles. The molecular formula is C42H86N4O4. The van der Waals surface area contributed by atoms with Crippen molar-refractivity contribution >= 4 is 11.9 Å². The summed E-state index contributed by atoms with van der Waals surface area (Å²) in [6.07, 6.45) is 34.9. The molecule has 8 heteroatoms. The van der Waals surface area contributed by atoms with Crippen molar-refractivity contribution in [2.75, 3.05) is 13.2 Å². The van der Waals surface area contributed by atoms with Gasteiger partial charge in [-0.1, -0.05) is 142 Å². The molecule has 0 aromatic heterocycles. The lowest BCUT2D eigenvalue weighted by atomic mass is 9.97. The zero-order valence-corrected chi connectivity index (χ0v) is 33.3. The molecule has 0 bridgehead atoms. The van der Waals surface area contributed by atoms with Crippen LogP contribution in [0.5, 0.6) is 0 Å². The number of rotatable bonds is 39. The lowest BCUT2D eigenvalue weighted by molar-refractivity contribution is -0.145. The Hall–Kier alpha value is -1.22. The summed E-state index contributed by atoms with van der Waals surface area (Å²) < 4.78 is 10.8. The highest BCUT2D eigenvalue weighted by Crippen LogP contribution is 2.15. The Morgan fingerprint density at radius 3 is 0.900 bits per heavy atom. The molecule has 0 aliphatic carbocycles. The molecule has 298 valence electrons. The van der Waals surface area contributed by atoms with Crippen molar-refractivity contribution in [1.82, 2.24) is 0 Å². The van der Waals surface area contributed by atoms with Gasteiger partial charge in [-0.05, 0) is 64.2 Å². The minimum Gasteiger partial charge on any atom is -0.466 e. The molecule has 0 aromatic rings. The Bertz CT molecular complexity index is 681. The van der Waals surface area contributed by atoms with Gasteiger partial charge in [-0.2, -0.15) is 0 Å². The van der Waals surface area contributed by atoms with Crippen LogP contribution in [-0.4, -0.2) is 49.3 Å². The smallest absolute Gasteiger partial charge is 0.305 e. The highest BCUT2D eigenvalue weighted by molar-refractivity contribution is 5.69. The summed E-state index contributed by atoms with van der Waals surface area (Å²) in [6.45, 7) is 5.45. The van der Waals surface area contributed by atoms with Crippen LogP contribution in [0.2, 0.25) is 0 Å². The van der Waals surface area contributed by atoms with Crippen LogP contribution in [0.3, 0.4) is 0 Å². The van der Waals surface area contributed by atoms with Crippen molar-refractivity contribution in [3.8, 4) is 0 Å². The third-order valence-corrected chi connectivity index (χ3v) is 10.3. The third kappa shape index (κ3) is 33.9. The summed E-state index contributed by atoms with van der Waals surface area (Å²) in [5.41, 5.74) is 25.2. The highest BCUT2D eigenvalue weighted by Gasteiger charge is 2.14. The SMILES string of the molecule is CCCCCCCCC(N)C(N)CCCCCCCC(=O)OCCCCCCOC(=O)CCCCCCCC(N)C(N)CCCCCCCC. The van der Waals surface area contributed by atoms with Crippen LogP contribution in [0, 0.1) is 0 Å². The van der Waals surface area contributed by atoms with Crippen molar-refractivity contribution in [2.45, 2.75) is 243 Å². The maximum absolute atomic E-state index is 12.0. The van der Waals surface area contributed by atoms with Gasteiger partial charge >= 0.3 is 11.9 Å². The number of hydrogen-bond acceptors (Lipinski definition) is 8. The molecule has 8 N–H and O–H groups in total. The number of ether oxygens (including phenoxy) is 2. The summed E-state index contributed by atoms with van der Waals surface area (Å²) in [5.74, 6) is -0.179. The van der Waals surface area contributed by atoms with E-state index >= 15 is 0 Å². The maximum Gasteiger partial charge on any atom is 0.305 e. The first kappa shape index (κ1) is 48.8. The molecule has 4 unspecified atom stereocenters. The standard InChI is InChI=1S/C42H86N4O4/c1-3-5-7-9-13-21-29-37(43)39(45)31-23-15-11-17-25-33-41(47)49-35-27-19-20-28-36-50-42(48)34-26-18-12-16-24-32-40(46)38(44)30-22-14-10-8-6-4-2/h37-40H,3-36,43-46H2,1-2H3. The Morgan fingerprint density at radius 1 is 0.360 bits per heavy atom. The van der Waals surface area contributed by atoms with E-state index in [2.05, 4.69) is 13.8 Å². The molecule has 0 aliphatic heterocycles. The van der Waals surface area contributed by atoms with Gasteiger partial charge in [0.05, 0.1) is 13.2 Å². The van der Waals surface area contributed by atoms with E-state index in [9.17, 15) is 9.59 Å². The van der Waals surface area contributed by atoms with Crippen molar-refractivity contribution in [3.63, 3.8) is 0 Å². The quantitative estimate of drug-likeness (QED) is 0.0363. The van der Waals surface area contributed by atoms with E-state index in [4.69, 9.17) is 32.4 Å². The molecule has 0 aromatic carbocycles.